The lowest BCUT2D eigenvalue weighted by Crippen LogP contribution is -2.01. The Morgan fingerprint density at radius 3 is 2.50 bits per heavy atom. The highest BCUT2D eigenvalue weighted by atomic mass is 35.5. The van der Waals surface area contributed by atoms with Crippen molar-refractivity contribution in [1.82, 2.24) is 14.8 Å². The number of halogens is 2. The van der Waals surface area contributed by atoms with Crippen LogP contribution in [0.1, 0.15) is 18.9 Å². The van der Waals surface area contributed by atoms with E-state index in [1.807, 2.05) is 36.4 Å². The third-order valence-electron chi connectivity index (χ3n) is 3.55. The largest absolute Gasteiger partial charge is 0.302 e. The Labute approximate surface area is 156 Å². The molecule has 0 saturated heterocycles. The molecule has 0 amide bonds. The molecule has 0 saturated carbocycles. The van der Waals surface area contributed by atoms with Gasteiger partial charge in [-0.25, -0.2) is 0 Å². The normalized spacial score (nSPS) is 11.0. The third-order valence-corrected chi connectivity index (χ3v) is 5.32. The van der Waals surface area contributed by atoms with Crippen LogP contribution in [0, 0.1) is 0 Å². The minimum absolute atomic E-state index is 0.575. The zero-order chi connectivity index (χ0) is 16.9. The van der Waals surface area contributed by atoms with Crippen molar-refractivity contribution in [1.29, 1.82) is 0 Å². The molecule has 1 aromatic heterocycles. The van der Waals surface area contributed by atoms with Crippen LogP contribution in [0.2, 0.25) is 10.0 Å². The number of hydrogen-bond acceptors (Lipinski definition) is 3. The van der Waals surface area contributed by atoms with Gasteiger partial charge in [0.2, 0.25) is 0 Å². The lowest BCUT2D eigenvalue weighted by molar-refractivity contribution is 0.626. The highest BCUT2D eigenvalue weighted by Crippen LogP contribution is 2.29. The molecule has 0 aliphatic rings. The summed E-state index contributed by atoms with van der Waals surface area (Å²) in [7, 11) is 0. The van der Waals surface area contributed by atoms with Gasteiger partial charge in [0.05, 0.1) is 10.0 Å². The molecule has 2 aromatic carbocycles. The van der Waals surface area contributed by atoms with E-state index in [0.29, 0.717) is 10.0 Å². The first-order valence-electron chi connectivity index (χ1n) is 7.74. The van der Waals surface area contributed by atoms with E-state index in [1.165, 1.54) is 0 Å². The van der Waals surface area contributed by atoms with Crippen LogP contribution in [0.3, 0.4) is 0 Å². The molecule has 0 N–H and O–H groups in total. The van der Waals surface area contributed by atoms with Gasteiger partial charge in [0.15, 0.2) is 11.0 Å². The third kappa shape index (κ3) is 3.94. The van der Waals surface area contributed by atoms with Crippen molar-refractivity contribution in [3.8, 4) is 11.4 Å². The minimum atomic E-state index is 0.575. The van der Waals surface area contributed by atoms with E-state index in [1.54, 1.807) is 11.8 Å². The summed E-state index contributed by atoms with van der Waals surface area (Å²) in [5.74, 6) is 1.68. The molecule has 124 valence electrons. The number of benzene rings is 2. The van der Waals surface area contributed by atoms with Gasteiger partial charge >= 0.3 is 0 Å². The van der Waals surface area contributed by atoms with Crippen LogP contribution in [-0.2, 0) is 12.3 Å². The van der Waals surface area contributed by atoms with Crippen molar-refractivity contribution < 1.29 is 0 Å². The SMILES string of the molecule is CCCn1c(SCc2ccc(Cl)c(Cl)c2)nnc1-c1ccccc1. The predicted octanol–water partition coefficient (Wildman–Crippen LogP) is 5.95. The minimum Gasteiger partial charge on any atom is -0.302 e. The molecule has 0 unspecified atom stereocenters. The van der Waals surface area contributed by atoms with Crippen LogP contribution >= 0.6 is 35.0 Å². The summed E-state index contributed by atoms with van der Waals surface area (Å²) < 4.78 is 2.18. The Kier molecular flexibility index (Phi) is 5.82. The van der Waals surface area contributed by atoms with Crippen molar-refractivity contribution in [3.05, 3.63) is 64.1 Å². The van der Waals surface area contributed by atoms with E-state index in [-0.39, 0.29) is 0 Å². The first kappa shape index (κ1) is 17.3. The van der Waals surface area contributed by atoms with Crippen molar-refractivity contribution in [2.75, 3.05) is 0 Å². The second-order valence-electron chi connectivity index (χ2n) is 5.36. The van der Waals surface area contributed by atoms with Gasteiger partial charge in [0.1, 0.15) is 0 Å². The van der Waals surface area contributed by atoms with Gasteiger partial charge in [-0.15, -0.1) is 10.2 Å². The first-order valence-corrected chi connectivity index (χ1v) is 9.48. The predicted molar refractivity (Wildman–Crippen MR) is 102 cm³/mol. The highest BCUT2D eigenvalue weighted by Gasteiger charge is 2.13. The topological polar surface area (TPSA) is 30.7 Å². The number of rotatable bonds is 6. The highest BCUT2D eigenvalue weighted by molar-refractivity contribution is 7.98. The van der Waals surface area contributed by atoms with E-state index >= 15 is 0 Å². The maximum Gasteiger partial charge on any atom is 0.191 e. The summed E-state index contributed by atoms with van der Waals surface area (Å²) in [6.07, 6.45) is 1.03. The Morgan fingerprint density at radius 1 is 1.00 bits per heavy atom. The van der Waals surface area contributed by atoms with Crippen LogP contribution in [-0.4, -0.2) is 14.8 Å². The molecule has 0 aliphatic heterocycles. The van der Waals surface area contributed by atoms with E-state index in [9.17, 15) is 0 Å². The fourth-order valence-corrected chi connectivity index (χ4v) is 3.63. The maximum absolute atomic E-state index is 6.09. The molecule has 0 aliphatic carbocycles. The van der Waals surface area contributed by atoms with E-state index in [4.69, 9.17) is 23.2 Å². The van der Waals surface area contributed by atoms with Crippen LogP contribution in [0.5, 0.6) is 0 Å². The smallest absolute Gasteiger partial charge is 0.191 e. The van der Waals surface area contributed by atoms with Gasteiger partial charge in [0, 0.05) is 17.9 Å². The van der Waals surface area contributed by atoms with Crippen LogP contribution in [0.25, 0.3) is 11.4 Å². The quantitative estimate of drug-likeness (QED) is 0.496. The molecule has 3 rings (SSSR count). The van der Waals surface area contributed by atoms with Crippen LogP contribution < -0.4 is 0 Å². The number of thioether (sulfide) groups is 1. The van der Waals surface area contributed by atoms with Gasteiger partial charge in [0.25, 0.3) is 0 Å². The lowest BCUT2D eigenvalue weighted by Gasteiger charge is -2.09. The van der Waals surface area contributed by atoms with Gasteiger partial charge in [-0.1, -0.05) is 78.3 Å². The average Bonchev–Trinajstić information content (AvgIpc) is 3.00. The summed E-state index contributed by atoms with van der Waals surface area (Å²) in [6, 6.07) is 15.9. The molecule has 3 nitrogen and oxygen atoms in total. The molecule has 0 atom stereocenters. The maximum atomic E-state index is 6.09. The van der Waals surface area contributed by atoms with Crippen molar-refractivity contribution in [2.24, 2.45) is 0 Å². The molecule has 3 aromatic rings. The number of nitrogens with zero attached hydrogens (tertiary/aromatic N) is 3. The van der Waals surface area contributed by atoms with Crippen molar-refractivity contribution in [2.45, 2.75) is 30.8 Å². The molecule has 0 spiro atoms. The Balaban J connectivity index is 1.82. The second-order valence-corrected chi connectivity index (χ2v) is 7.12. The van der Waals surface area contributed by atoms with Gasteiger partial charge in [-0.2, -0.15) is 0 Å². The van der Waals surface area contributed by atoms with Gasteiger partial charge < -0.3 is 4.57 Å². The second kappa shape index (κ2) is 8.06. The summed E-state index contributed by atoms with van der Waals surface area (Å²) in [6.45, 7) is 3.04. The Morgan fingerprint density at radius 2 is 1.79 bits per heavy atom. The van der Waals surface area contributed by atoms with Crippen molar-refractivity contribution in [3.63, 3.8) is 0 Å². The van der Waals surface area contributed by atoms with Gasteiger partial charge in [-0.05, 0) is 24.1 Å². The zero-order valence-electron chi connectivity index (χ0n) is 13.2. The van der Waals surface area contributed by atoms with Crippen LogP contribution in [0.4, 0.5) is 0 Å². The molecular weight excluding hydrogens is 361 g/mol. The summed E-state index contributed by atoms with van der Waals surface area (Å²) >= 11 is 13.7. The van der Waals surface area contributed by atoms with E-state index < -0.39 is 0 Å². The molecule has 0 bridgehead atoms. The monoisotopic (exact) mass is 377 g/mol. The van der Waals surface area contributed by atoms with Gasteiger partial charge in [-0.3, -0.25) is 0 Å². The molecule has 6 heteroatoms. The summed E-state index contributed by atoms with van der Waals surface area (Å²) in [5.41, 5.74) is 2.20. The molecule has 24 heavy (non-hydrogen) atoms. The molecule has 0 fully saturated rings. The lowest BCUT2D eigenvalue weighted by atomic mass is 10.2. The number of hydrogen-bond donors (Lipinski definition) is 0. The molecular formula is C18H17Cl2N3S. The number of aromatic nitrogens is 3. The van der Waals surface area contributed by atoms with Crippen molar-refractivity contribution >= 4 is 35.0 Å². The van der Waals surface area contributed by atoms with E-state index in [0.717, 1.165) is 40.8 Å². The standard InChI is InChI=1S/C18H17Cl2N3S/c1-2-10-23-17(14-6-4-3-5-7-14)21-22-18(23)24-12-13-8-9-15(19)16(20)11-13/h3-9,11H,2,10,12H2,1H3. The summed E-state index contributed by atoms with van der Waals surface area (Å²) in [5, 5.41) is 10.8. The van der Waals surface area contributed by atoms with E-state index in [2.05, 4.69) is 33.8 Å². The fourth-order valence-electron chi connectivity index (χ4n) is 2.40. The summed E-state index contributed by atoms with van der Waals surface area (Å²) in [4.78, 5) is 0. The Bertz CT molecular complexity index is 818. The fraction of sp³-hybridized carbons (Fsp3) is 0.222. The zero-order valence-corrected chi connectivity index (χ0v) is 15.6. The first-order chi connectivity index (χ1) is 11.7. The molecule has 0 radical (unpaired) electrons. The average molecular weight is 378 g/mol. The Hall–Kier alpha value is -1.49. The van der Waals surface area contributed by atoms with Crippen LogP contribution in [0.15, 0.2) is 53.7 Å². The molecule has 1 heterocycles.